The molecule has 48 heavy (non-hydrogen) atoms. The number of Topliss-reactive ketones (excluding diaryl/α,β-unsaturated/α-hetero) is 1. The first-order chi connectivity index (χ1) is 22.2. The lowest BCUT2D eigenvalue weighted by Gasteiger charge is -2.40. The first kappa shape index (κ1) is 38.1. The summed E-state index contributed by atoms with van der Waals surface area (Å²) in [6, 6.07) is -3.57. The number of hydrogen-bond donors (Lipinski definition) is 4. The molecule has 1 aliphatic heterocycles. The molecule has 0 bridgehead atoms. The van der Waals surface area contributed by atoms with E-state index in [4.69, 9.17) is 5.73 Å². The zero-order valence-corrected chi connectivity index (χ0v) is 30.8. The van der Waals surface area contributed by atoms with Crippen molar-refractivity contribution >= 4 is 39.4 Å². The standard InChI is InChI=1S/C35H59N5O7S/c1-21(2)14-17-48(46,47)20-35(15-9-8-10-16-35)39-32(45)38-28(33(3,4)5)31(44)40-19-23-25(34(23,6)7)26(40)30(43)37-24(27(41)29(36)42)18-22-12-11-13-22/h21-26,28H,8-20H2,1-7H3,(H2,36,42)(H,37,43)(H2,38,39,45)/t23-,24?,25-,26-,28+/m0/s1. The van der Waals surface area contributed by atoms with E-state index >= 15 is 0 Å². The van der Waals surface area contributed by atoms with Crippen molar-refractivity contribution in [2.45, 2.75) is 136 Å². The Morgan fingerprint density at radius 1 is 0.958 bits per heavy atom. The molecule has 1 heterocycles. The first-order valence-corrected chi connectivity index (χ1v) is 19.7. The average molecular weight is 694 g/mol. The van der Waals surface area contributed by atoms with Crippen molar-refractivity contribution in [3.63, 3.8) is 0 Å². The number of nitrogens with zero attached hydrogens (tertiary/aromatic N) is 1. The second-order valence-electron chi connectivity index (χ2n) is 17.2. The Hall–Kier alpha value is -2.70. The van der Waals surface area contributed by atoms with Crippen LogP contribution in [0.1, 0.15) is 113 Å². The van der Waals surface area contributed by atoms with Crippen LogP contribution in [0.5, 0.6) is 0 Å². The van der Waals surface area contributed by atoms with Gasteiger partial charge in [0.2, 0.25) is 17.6 Å². The summed E-state index contributed by atoms with van der Waals surface area (Å²) in [5, 5.41) is 8.69. The summed E-state index contributed by atoms with van der Waals surface area (Å²) in [6.07, 6.45) is 7.36. The number of carbonyl (C=O) groups excluding carboxylic acids is 5. The minimum absolute atomic E-state index is 0.0580. The van der Waals surface area contributed by atoms with Gasteiger partial charge >= 0.3 is 6.03 Å². The highest BCUT2D eigenvalue weighted by atomic mass is 32.2. The average Bonchev–Trinajstić information content (AvgIpc) is 3.26. The smallest absolute Gasteiger partial charge is 0.315 e. The highest BCUT2D eigenvalue weighted by Gasteiger charge is 2.70. The van der Waals surface area contributed by atoms with E-state index in [0.29, 0.717) is 32.2 Å². The van der Waals surface area contributed by atoms with E-state index in [-0.39, 0.29) is 40.6 Å². The minimum Gasteiger partial charge on any atom is -0.363 e. The van der Waals surface area contributed by atoms with Crippen LogP contribution in [0.3, 0.4) is 0 Å². The Morgan fingerprint density at radius 2 is 1.58 bits per heavy atom. The zero-order chi connectivity index (χ0) is 35.8. The summed E-state index contributed by atoms with van der Waals surface area (Å²) in [6.45, 7) is 13.9. The SMILES string of the molecule is CC(C)CCS(=O)(=O)CC1(NC(=O)N[C@H](C(=O)N2C[C@H]3[C@@H]([C@H]2C(=O)NC(CC2CCC2)C(=O)C(N)=O)C3(C)C)C(C)(C)C)CCCCC1. The molecule has 3 saturated carbocycles. The van der Waals surface area contributed by atoms with Gasteiger partial charge in [0, 0.05) is 6.54 Å². The molecular weight excluding hydrogens is 634 g/mol. The van der Waals surface area contributed by atoms with Crippen LogP contribution in [0.4, 0.5) is 4.79 Å². The summed E-state index contributed by atoms with van der Waals surface area (Å²) >= 11 is 0. The summed E-state index contributed by atoms with van der Waals surface area (Å²) in [5.41, 5.74) is 3.46. The summed E-state index contributed by atoms with van der Waals surface area (Å²) in [5.74, 6) is -2.57. The quantitative estimate of drug-likeness (QED) is 0.202. The van der Waals surface area contributed by atoms with Crippen molar-refractivity contribution in [1.29, 1.82) is 0 Å². The Labute approximate surface area is 286 Å². The minimum atomic E-state index is -3.44. The molecular formula is C35H59N5O7S. The number of hydrogen-bond acceptors (Lipinski definition) is 7. The Morgan fingerprint density at radius 3 is 2.10 bits per heavy atom. The van der Waals surface area contributed by atoms with Gasteiger partial charge in [-0.3, -0.25) is 19.2 Å². The molecule has 0 aromatic carbocycles. The van der Waals surface area contributed by atoms with Gasteiger partial charge in [-0.05, 0) is 60.2 Å². The van der Waals surface area contributed by atoms with Crippen LogP contribution in [-0.2, 0) is 29.0 Å². The molecule has 272 valence electrons. The molecule has 0 aromatic rings. The molecule has 4 rings (SSSR count). The van der Waals surface area contributed by atoms with Crippen molar-refractivity contribution in [2.24, 2.45) is 40.2 Å². The number of rotatable bonds is 14. The van der Waals surface area contributed by atoms with Gasteiger partial charge in [0.1, 0.15) is 12.1 Å². The largest absolute Gasteiger partial charge is 0.363 e. The number of piperidine rings is 1. The molecule has 0 radical (unpaired) electrons. The van der Waals surface area contributed by atoms with E-state index in [0.717, 1.165) is 38.5 Å². The van der Waals surface area contributed by atoms with Gasteiger partial charge in [0.05, 0.1) is 23.1 Å². The molecule has 0 aromatic heterocycles. The normalized spacial score (nSPS) is 26.1. The molecule has 1 unspecified atom stereocenters. The van der Waals surface area contributed by atoms with Gasteiger partial charge in [-0.2, -0.15) is 0 Å². The second kappa shape index (κ2) is 14.3. The second-order valence-corrected chi connectivity index (χ2v) is 19.4. The first-order valence-electron chi connectivity index (χ1n) is 17.9. The molecule has 12 nitrogen and oxygen atoms in total. The van der Waals surface area contributed by atoms with E-state index < -0.39 is 68.5 Å². The number of ketones is 1. The van der Waals surface area contributed by atoms with Gasteiger partial charge in [0.25, 0.3) is 5.91 Å². The maximum absolute atomic E-state index is 14.4. The van der Waals surface area contributed by atoms with Gasteiger partial charge in [-0.15, -0.1) is 0 Å². The lowest BCUT2D eigenvalue weighted by molar-refractivity contribution is -0.145. The monoisotopic (exact) mass is 693 g/mol. The topological polar surface area (TPSA) is 185 Å². The lowest BCUT2D eigenvalue weighted by atomic mass is 9.80. The maximum Gasteiger partial charge on any atom is 0.315 e. The number of nitrogens with one attached hydrogen (secondary N) is 3. The zero-order valence-electron chi connectivity index (χ0n) is 30.0. The third kappa shape index (κ3) is 8.71. The molecule has 5 N–H and O–H groups in total. The molecule has 1 saturated heterocycles. The number of carbonyl (C=O) groups is 5. The van der Waals surface area contributed by atoms with Crippen molar-refractivity contribution in [2.75, 3.05) is 18.1 Å². The third-order valence-electron chi connectivity index (χ3n) is 11.5. The van der Waals surface area contributed by atoms with Crippen molar-refractivity contribution in [1.82, 2.24) is 20.9 Å². The predicted octanol–water partition coefficient (Wildman–Crippen LogP) is 3.08. The predicted molar refractivity (Wildman–Crippen MR) is 183 cm³/mol. The van der Waals surface area contributed by atoms with Crippen LogP contribution >= 0.6 is 0 Å². The van der Waals surface area contributed by atoms with Crippen molar-refractivity contribution in [3.05, 3.63) is 0 Å². The van der Waals surface area contributed by atoms with E-state index in [1.165, 1.54) is 4.90 Å². The number of fused-ring (bicyclic) bond motifs is 1. The molecule has 13 heteroatoms. The van der Waals surface area contributed by atoms with E-state index in [9.17, 15) is 32.4 Å². The number of sulfone groups is 1. The van der Waals surface area contributed by atoms with Gasteiger partial charge in [0.15, 0.2) is 9.84 Å². The summed E-state index contributed by atoms with van der Waals surface area (Å²) in [7, 11) is -3.44. The fourth-order valence-corrected chi connectivity index (χ4v) is 10.4. The van der Waals surface area contributed by atoms with Crippen LogP contribution < -0.4 is 21.7 Å². The van der Waals surface area contributed by atoms with E-state index in [1.54, 1.807) is 0 Å². The van der Waals surface area contributed by atoms with Crippen LogP contribution in [0.2, 0.25) is 0 Å². The molecule has 5 amide bonds. The number of urea groups is 1. The van der Waals surface area contributed by atoms with E-state index in [2.05, 4.69) is 29.8 Å². The highest BCUT2D eigenvalue weighted by molar-refractivity contribution is 7.91. The van der Waals surface area contributed by atoms with Crippen molar-refractivity contribution < 1.29 is 32.4 Å². The lowest BCUT2D eigenvalue weighted by Crippen LogP contribution is -2.64. The summed E-state index contributed by atoms with van der Waals surface area (Å²) in [4.78, 5) is 68.2. The molecule has 5 atom stereocenters. The number of primary amides is 1. The third-order valence-corrected chi connectivity index (χ3v) is 13.4. The molecule has 4 fully saturated rings. The fraction of sp³-hybridized carbons (Fsp3) is 0.857. The molecule has 0 spiro atoms. The number of nitrogens with two attached hydrogens (primary N) is 1. The number of likely N-dealkylation sites (tertiary alicyclic amines) is 1. The van der Waals surface area contributed by atoms with Gasteiger partial charge in [-0.1, -0.05) is 87.0 Å². The van der Waals surface area contributed by atoms with Crippen LogP contribution in [0, 0.1) is 34.5 Å². The van der Waals surface area contributed by atoms with Crippen LogP contribution in [0.15, 0.2) is 0 Å². The molecule has 4 aliphatic rings. The van der Waals surface area contributed by atoms with Gasteiger partial charge < -0.3 is 26.6 Å². The number of amides is 5. The Bertz CT molecular complexity index is 1360. The van der Waals surface area contributed by atoms with Gasteiger partial charge in [-0.25, -0.2) is 13.2 Å². The molecule has 3 aliphatic carbocycles. The van der Waals surface area contributed by atoms with Crippen LogP contribution in [-0.4, -0.2) is 84.6 Å². The Kier molecular flexibility index (Phi) is 11.3. The fourth-order valence-electron chi connectivity index (χ4n) is 8.20. The Balaban J connectivity index is 1.53. The highest BCUT2D eigenvalue weighted by Crippen LogP contribution is 2.65. The van der Waals surface area contributed by atoms with Crippen LogP contribution in [0.25, 0.3) is 0 Å². The summed E-state index contributed by atoms with van der Waals surface area (Å²) < 4.78 is 26.3. The van der Waals surface area contributed by atoms with E-state index in [1.807, 2.05) is 34.6 Å². The maximum atomic E-state index is 14.4. The van der Waals surface area contributed by atoms with Crippen molar-refractivity contribution in [3.8, 4) is 0 Å².